The summed E-state index contributed by atoms with van der Waals surface area (Å²) in [6.45, 7) is 0. The second-order valence-electron chi connectivity index (χ2n) is 3.25. The van der Waals surface area contributed by atoms with Gasteiger partial charge in [-0.1, -0.05) is 0 Å². The van der Waals surface area contributed by atoms with Gasteiger partial charge in [-0.2, -0.15) is 0 Å². The smallest absolute Gasteiger partial charge is 0.338 e. The fourth-order valence-electron chi connectivity index (χ4n) is 1.46. The van der Waals surface area contributed by atoms with Gasteiger partial charge in [0.1, 0.15) is 5.75 Å². The van der Waals surface area contributed by atoms with Crippen LogP contribution in [0.5, 0.6) is 5.75 Å². The molecule has 0 bridgehead atoms. The molecular weight excluding hydrogens is 210 g/mol. The van der Waals surface area contributed by atoms with Crippen molar-refractivity contribution in [1.82, 2.24) is 4.40 Å². The van der Waals surface area contributed by atoms with Gasteiger partial charge in [-0.25, -0.2) is 4.79 Å². The topological polar surface area (TPSA) is 68.0 Å². The van der Waals surface area contributed by atoms with Gasteiger partial charge < -0.3 is 9.84 Å². The molecule has 0 radical (unpaired) electrons. The molecule has 2 heterocycles. The van der Waals surface area contributed by atoms with E-state index in [2.05, 4.69) is 4.74 Å². The van der Waals surface area contributed by atoms with E-state index in [-0.39, 0.29) is 16.9 Å². The normalized spacial score (nSPS) is 10.3. The summed E-state index contributed by atoms with van der Waals surface area (Å²) in [6, 6.07) is 5.46. The van der Waals surface area contributed by atoms with Crippen LogP contribution in [-0.2, 0) is 4.74 Å². The third-order valence-electron chi connectivity index (χ3n) is 2.21. The minimum atomic E-state index is -0.581. The number of hydrogen-bond donors (Lipinski definition) is 1. The van der Waals surface area contributed by atoms with Gasteiger partial charge in [0.15, 0.2) is 0 Å². The number of pyridine rings is 2. The van der Waals surface area contributed by atoms with Crippen molar-refractivity contribution in [3.05, 3.63) is 46.4 Å². The van der Waals surface area contributed by atoms with Crippen LogP contribution in [0.1, 0.15) is 10.4 Å². The van der Waals surface area contributed by atoms with Crippen LogP contribution in [-0.4, -0.2) is 22.6 Å². The van der Waals surface area contributed by atoms with Crippen molar-refractivity contribution in [3.63, 3.8) is 0 Å². The highest BCUT2D eigenvalue weighted by Crippen LogP contribution is 2.12. The molecule has 2 aromatic heterocycles. The number of carbonyl (C=O) groups excluding carboxylic acids is 1. The summed E-state index contributed by atoms with van der Waals surface area (Å²) in [6.07, 6.45) is 1.44. The van der Waals surface area contributed by atoms with Crippen molar-refractivity contribution in [2.24, 2.45) is 0 Å². The van der Waals surface area contributed by atoms with E-state index in [1.807, 2.05) is 0 Å². The quantitative estimate of drug-likeness (QED) is 0.720. The van der Waals surface area contributed by atoms with E-state index in [0.29, 0.717) is 5.52 Å². The van der Waals surface area contributed by atoms with E-state index in [1.54, 1.807) is 0 Å². The van der Waals surface area contributed by atoms with Gasteiger partial charge >= 0.3 is 5.97 Å². The minimum absolute atomic E-state index is 0.0291. The van der Waals surface area contributed by atoms with E-state index < -0.39 is 5.97 Å². The van der Waals surface area contributed by atoms with E-state index in [0.717, 1.165) is 0 Å². The summed E-state index contributed by atoms with van der Waals surface area (Å²) in [5, 5.41) is 9.28. The first kappa shape index (κ1) is 10.2. The maximum Gasteiger partial charge on any atom is 0.338 e. The molecular formula is C11H9NO4. The van der Waals surface area contributed by atoms with Crippen LogP contribution < -0.4 is 5.56 Å². The van der Waals surface area contributed by atoms with E-state index in [4.69, 9.17) is 0 Å². The average Bonchev–Trinajstić information content (AvgIpc) is 2.27. The lowest BCUT2D eigenvalue weighted by atomic mass is 10.2. The third-order valence-corrected chi connectivity index (χ3v) is 2.21. The Bertz CT molecular complexity index is 615. The van der Waals surface area contributed by atoms with E-state index in [1.165, 1.54) is 42.0 Å². The maximum absolute atomic E-state index is 11.6. The van der Waals surface area contributed by atoms with Gasteiger partial charge in [0.25, 0.3) is 5.56 Å². The molecule has 2 rings (SSSR count). The van der Waals surface area contributed by atoms with Gasteiger partial charge in [0.05, 0.1) is 18.2 Å². The number of aromatic hydroxyl groups is 1. The van der Waals surface area contributed by atoms with Gasteiger partial charge in [0, 0.05) is 18.3 Å². The lowest BCUT2D eigenvalue weighted by molar-refractivity contribution is 0.0600. The summed E-state index contributed by atoms with van der Waals surface area (Å²) in [7, 11) is 1.24. The molecule has 0 fully saturated rings. The Hall–Kier alpha value is -2.30. The third kappa shape index (κ3) is 1.63. The number of carbonyl (C=O) groups is 1. The van der Waals surface area contributed by atoms with Gasteiger partial charge in [-0.05, 0) is 12.1 Å². The van der Waals surface area contributed by atoms with Gasteiger partial charge in [-0.15, -0.1) is 0 Å². The summed E-state index contributed by atoms with van der Waals surface area (Å²) in [5.74, 6) is -0.552. The number of esters is 1. The van der Waals surface area contributed by atoms with Crippen molar-refractivity contribution in [2.75, 3.05) is 7.11 Å². The molecule has 5 nitrogen and oxygen atoms in total. The van der Waals surface area contributed by atoms with Gasteiger partial charge in [0.2, 0.25) is 0 Å². The molecule has 0 amide bonds. The zero-order valence-corrected chi connectivity index (χ0v) is 8.51. The zero-order chi connectivity index (χ0) is 11.7. The molecule has 5 heteroatoms. The Labute approximate surface area is 90.5 Å². The van der Waals surface area contributed by atoms with Crippen molar-refractivity contribution < 1.29 is 14.6 Å². The highest BCUT2D eigenvalue weighted by Gasteiger charge is 2.08. The fourth-order valence-corrected chi connectivity index (χ4v) is 1.46. The summed E-state index contributed by atoms with van der Waals surface area (Å²) in [4.78, 5) is 22.9. The van der Waals surface area contributed by atoms with Crippen LogP contribution in [0.15, 0.2) is 35.3 Å². The van der Waals surface area contributed by atoms with E-state index >= 15 is 0 Å². The highest BCUT2D eigenvalue weighted by molar-refractivity contribution is 5.90. The Morgan fingerprint density at radius 1 is 1.38 bits per heavy atom. The predicted molar refractivity (Wildman–Crippen MR) is 56.7 cm³/mol. The second-order valence-corrected chi connectivity index (χ2v) is 3.25. The lowest BCUT2D eigenvalue weighted by Crippen LogP contribution is -2.15. The van der Waals surface area contributed by atoms with Crippen molar-refractivity contribution in [1.29, 1.82) is 0 Å². The highest BCUT2D eigenvalue weighted by atomic mass is 16.5. The molecule has 82 valence electrons. The molecule has 16 heavy (non-hydrogen) atoms. The molecule has 0 aromatic carbocycles. The predicted octanol–water partition coefficient (Wildman–Crippen LogP) is 0.792. The molecule has 0 unspecified atom stereocenters. The SMILES string of the molecule is COC(=O)c1cc(=O)n2ccc(O)cc2c1. The first-order chi connectivity index (χ1) is 7.61. The van der Waals surface area contributed by atoms with Crippen LogP contribution in [0.4, 0.5) is 0 Å². The molecule has 2 aromatic rings. The summed E-state index contributed by atoms with van der Waals surface area (Å²) >= 11 is 0. The number of methoxy groups -OCH3 is 1. The number of hydrogen-bond acceptors (Lipinski definition) is 4. The monoisotopic (exact) mass is 219 g/mol. The number of ether oxygens (including phenoxy) is 1. The van der Waals surface area contributed by atoms with E-state index in [9.17, 15) is 14.7 Å². The first-order valence-electron chi connectivity index (χ1n) is 4.55. The number of fused-ring (bicyclic) bond motifs is 1. The Balaban J connectivity index is 2.75. The minimum Gasteiger partial charge on any atom is -0.508 e. The second kappa shape index (κ2) is 3.69. The molecule has 0 spiro atoms. The largest absolute Gasteiger partial charge is 0.508 e. The Morgan fingerprint density at radius 2 is 2.12 bits per heavy atom. The Morgan fingerprint density at radius 3 is 2.81 bits per heavy atom. The van der Waals surface area contributed by atoms with Crippen LogP contribution in [0, 0.1) is 0 Å². The number of nitrogens with zero attached hydrogens (tertiary/aromatic N) is 1. The Kier molecular flexibility index (Phi) is 2.36. The first-order valence-corrected chi connectivity index (χ1v) is 4.55. The number of rotatable bonds is 1. The average molecular weight is 219 g/mol. The van der Waals surface area contributed by atoms with Crippen LogP contribution in [0.25, 0.3) is 5.52 Å². The zero-order valence-electron chi connectivity index (χ0n) is 8.51. The van der Waals surface area contributed by atoms with Crippen molar-refractivity contribution in [2.45, 2.75) is 0 Å². The summed E-state index contributed by atoms with van der Waals surface area (Å²) in [5.41, 5.74) is 0.254. The molecule has 1 N–H and O–H groups in total. The van der Waals surface area contributed by atoms with Crippen LogP contribution >= 0.6 is 0 Å². The molecule has 0 aliphatic rings. The standard InChI is InChI=1S/C11H9NO4/c1-16-11(15)7-4-8-6-9(13)2-3-12(8)10(14)5-7/h2-6,13H,1H3. The fraction of sp³-hybridized carbons (Fsp3) is 0.0909. The molecule has 0 saturated carbocycles. The van der Waals surface area contributed by atoms with Crippen LogP contribution in [0.2, 0.25) is 0 Å². The molecule has 0 atom stereocenters. The van der Waals surface area contributed by atoms with Crippen molar-refractivity contribution in [3.8, 4) is 5.75 Å². The van der Waals surface area contributed by atoms with Crippen molar-refractivity contribution >= 4 is 11.5 Å². The van der Waals surface area contributed by atoms with Gasteiger partial charge in [-0.3, -0.25) is 9.20 Å². The molecule has 0 aliphatic heterocycles. The lowest BCUT2D eigenvalue weighted by Gasteiger charge is -2.03. The van der Waals surface area contributed by atoms with Crippen LogP contribution in [0.3, 0.4) is 0 Å². The maximum atomic E-state index is 11.6. The summed E-state index contributed by atoms with van der Waals surface area (Å²) < 4.78 is 5.85. The molecule has 0 aliphatic carbocycles. The number of aromatic nitrogens is 1. The molecule has 0 saturated heterocycles.